The predicted octanol–water partition coefficient (Wildman–Crippen LogP) is -0.387. The number of ether oxygens (including phenoxy) is 2. The van der Waals surface area contributed by atoms with Crippen molar-refractivity contribution >= 4 is 22.9 Å². The van der Waals surface area contributed by atoms with Crippen LogP contribution in [0.5, 0.6) is 0 Å². The van der Waals surface area contributed by atoms with E-state index in [1.807, 2.05) is 0 Å². The number of carbonyl (C=O) groups is 2. The Morgan fingerprint density at radius 2 is 1.68 bits per heavy atom. The molecule has 2 N–H and O–H groups in total. The summed E-state index contributed by atoms with van der Waals surface area (Å²) in [4.78, 5) is 21.8. The fraction of sp³-hybridized carbons (Fsp3) is 0.400. The molecule has 9 heteroatoms. The molecule has 0 bridgehead atoms. The van der Waals surface area contributed by atoms with Crippen LogP contribution in [0.1, 0.15) is 13.8 Å². The van der Waals surface area contributed by atoms with Crippen LogP contribution in [-0.4, -0.2) is 42.4 Å². The van der Waals surface area contributed by atoms with E-state index in [4.69, 9.17) is 18.1 Å². The highest BCUT2D eigenvalue weighted by Crippen LogP contribution is 2.03. The van der Waals surface area contributed by atoms with E-state index in [0.29, 0.717) is 0 Å². The third-order valence-electron chi connectivity index (χ3n) is 1.33. The zero-order chi connectivity index (χ0) is 15.4. The Hall–Kier alpha value is -1.71. The topological polar surface area (TPSA) is 127 Å². The SMILES string of the molecule is C=CC(=O)OC(OC(=O)C=CC)C(C)O.O=[SH](=O)O. The average molecular weight is 296 g/mol. The van der Waals surface area contributed by atoms with Crippen LogP contribution in [-0.2, 0) is 30.0 Å². The highest BCUT2D eigenvalue weighted by atomic mass is 32.2. The standard InChI is InChI=1S/C10H14O5.H2O3S/c1-4-6-9(13)15-10(7(3)11)14-8(12)5-2;1-4(2)3/h4-7,10-11H,2H2,1,3H3;4H,(H,1,2,3). The van der Waals surface area contributed by atoms with Gasteiger partial charge in [-0.2, -0.15) is 0 Å². The first kappa shape index (κ1) is 19.6. The smallest absolute Gasteiger partial charge is 0.333 e. The van der Waals surface area contributed by atoms with Crippen molar-refractivity contribution in [3.63, 3.8) is 0 Å². The number of aliphatic hydroxyl groups excluding tert-OH is 1. The summed E-state index contributed by atoms with van der Waals surface area (Å²) in [6, 6.07) is 0. The van der Waals surface area contributed by atoms with Crippen LogP contribution in [0, 0.1) is 0 Å². The van der Waals surface area contributed by atoms with E-state index in [2.05, 4.69) is 16.1 Å². The maximum absolute atomic E-state index is 11.0. The maximum atomic E-state index is 11.0. The Bertz CT molecular complexity index is 388. The van der Waals surface area contributed by atoms with Crippen molar-refractivity contribution in [1.29, 1.82) is 0 Å². The van der Waals surface area contributed by atoms with Gasteiger partial charge in [-0.25, -0.2) is 18.0 Å². The molecule has 0 aromatic carbocycles. The normalized spacial score (nSPS) is 13.1. The lowest BCUT2D eigenvalue weighted by atomic mass is 10.4. The van der Waals surface area contributed by atoms with E-state index < -0.39 is 35.3 Å². The van der Waals surface area contributed by atoms with E-state index in [0.717, 1.165) is 12.2 Å². The molecule has 0 radical (unpaired) electrons. The van der Waals surface area contributed by atoms with Crippen molar-refractivity contribution in [2.45, 2.75) is 26.2 Å². The summed E-state index contributed by atoms with van der Waals surface area (Å²) in [7, 11) is -3.12. The van der Waals surface area contributed by atoms with Crippen molar-refractivity contribution in [3.05, 3.63) is 24.8 Å². The van der Waals surface area contributed by atoms with Gasteiger partial charge in [-0.05, 0) is 13.8 Å². The lowest BCUT2D eigenvalue weighted by Gasteiger charge is -2.18. The molecule has 0 heterocycles. The van der Waals surface area contributed by atoms with E-state index in [1.54, 1.807) is 6.92 Å². The maximum Gasteiger partial charge on any atom is 0.333 e. The molecule has 0 fully saturated rings. The van der Waals surface area contributed by atoms with Crippen LogP contribution in [0.2, 0.25) is 0 Å². The molecule has 0 saturated carbocycles. The molecule has 0 aliphatic carbocycles. The van der Waals surface area contributed by atoms with Crippen LogP contribution >= 0.6 is 0 Å². The molecule has 8 nitrogen and oxygen atoms in total. The van der Waals surface area contributed by atoms with Crippen LogP contribution in [0.3, 0.4) is 0 Å². The van der Waals surface area contributed by atoms with Crippen molar-refractivity contribution in [1.82, 2.24) is 0 Å². The molecular weight excluding hydrogens is 280 g/mol. The number of aliphatic hydroxyl groups is 1. The van der Waals surface area contributed by atoms with Crippen molar-refractivity contribution in [2.24, 2.45) is 0 Å². The minimum absolute atomic E-state index is 0.694. The largest absolute Gasteiger partial charge is 0.419 e. The van der Waals surface area contributed by atoms with Gasteiger partial charge in [0.15, 0.2) is 0 Å². The van der Waals surface area contributed by atoms with E-state index in [9.17, 15) is 9.59 Å². The summed E-state index contributed by atoms with van der Waals surface area (Å²) in [5.74, 6) is -1.46. The molecule has 110 valence electrons. The summed E-state index contributed by atoms with van der Waals surface area (Å²) < 4.78 is 33.4. The molecule has 0 amide bonds. The number of esters is 2. The second-order valence-corrected chi connectivity index (χ2v) is 3.40. The first-order chi connectivity index (χ1) is 8.74. The van der Waals surface area contributed by atoms with Crippen LogP contribution < -0.4 is 0 Å². The number of hydrogen-bond donors (Lipinski definition) is 3. The van der Waals surface area contributed by atoms with Crippen LogP contribution in [0.15, 0.2) is 24.8 Å². The molecule has 2 atom stereocenters. The van der Waals surface area contributed by atoms with Gasteiger partial charge in [0.2, 0.25) is 0 Å². The average Bonchev–Trinajstić information content (AvgIpc) is 2.27. The fourth-order valence-corrected chi connectivity index (χ4v) is 0.673. The van der Waals surface area contributed by atoms with Gasteiger partial charge in [-0.15, -0.1) is 0 Å². The Kier molecular flexibility index (Phi) is 11.8. The molecule has 0 rings (SSSR count). The number of allylic oxidation sites excluding steroid dienone is 1. The quantitative estimate of drug-likeness (QED) is 0.206. The van der Waals surface area contributed by atoms with Gasteiger partial charge in [0, 0.05) is 12.2 Å². The van der Waals surface area contributed by atoms with Crippen molar-refractivity contribution in [3.8, 4) is 0 Å². The van der Waals surface area contributed by atoms with Gasteiger partial charge in [-0.1, -0.05) is 12.7 Å². The van der Waals surface area contributed by atoms with E-state index in [-0.39, 0.29) is 0 Å². The van der Waals surface area contributed by atoms with Gasteiger partial charge < -0.3 is 14.6 Å². The first-order valence-electron chi connectivity index (χ1n) is 4.92. The van der Waals surface area contributed by atoms with Gasteiger partial charge >= 0.3 is 11.9 Å². The third kappa shape index (κ3) is 14.2. The second kappa shape index (κ2) is 11.4. The Balaban J connectivity index is 0. The van der Waals surface area contributed by atoms with Crippen molar-refractivity contribution in [2.75, 3.05) is 0 Å². The summed E-state index contributed by atoms with van der Waals surface area (Å²) in [5.41, 5.74) is 0. The summed E-state index contributed by atoms with van der Waals surface area (Å²) in [6.07, 6.45) is 1.11. The summed E-state index contributed by atoms with van der Waals surface area (Å²) in [5, 5.41) is 9.16. The molecule has 0 aliphatic rings. The van der Waals surface area contributed by atoms with Crippen LogP contribution in [0.4, 0.5) is 0 Å². The van der Waals surface area contributed by atoms with Gasteiger partial charge in [0.05, 0.1) is 0 Å². The van der Waals surface area contributed by atoms with E-state index in [1.165, 1.54) is 13.0 Å². The lowest BCUT2D eigenvalue weighted by molar-refractivity contribution is -0.198. The Morgan fingerprint density at radius 3 is 2.00 bits per heavy atom. The monoisotopic (exact) mass is 296 g/mol. The molecule has 0 aromatic heterocycles. The third-order valence-corrected chi connectivity index (χ3v) is 1.33. The molecule has 0 saturated heterocycles. The van der Waals surface area contributed by atoms with Crippen LogP contribution in [0.25, 0.3) is 0 Å². The Morgan fingerprint density at radius 1 is 1.26 bits per heavy atom. The van der Waals surface area contributed by atoms with Gasteiger partial charge in [-0.3, -0.25) is 4.55 Å². The highest BCUT2D eigenvalue weighted by Gasteiger charge is 2.21. The number of rotatable bonds is 5. The lowest BCUT2D eigenvalue weighted by Crippen LogP contribution is -2.33. The fourth-order valence-electron chi connectivity index (χ4n) is 0.673. The first-order valence-corrected chi connectivity index (χ1v) is 6.05. The number of hydrogen-bond acceptors (Lipinski definition) is 7. The number of carbonyl (C=O) groups excluding carboxylic acids is 2. The zero-order valence-corrected chi connectivity index (χ0v) is 11.3. The Labute approximate surface area is 112 Å². The molecule has 19 heavy (non-hydrogen) atoms. The van der Waals surface area contributed by atoms with Crippen molar-refractivity contribution < 1.29 is 37.1 Å². The van der Waals surface area contributed by atoms with Gasteiger partial charge in [0.1, 0.15) is 6.10 Å². The van der Waals surface area contributed by atoms with E-state index >= 15 is 0 Å². The molecule has 0 aliphatic heterocycles. The minimum Gasteiger partial charge on any atom is -0.419 e. The minimum atomic E-state index is -3.12. The molecular formula is C10H16O8S. The summed E-state index contributed by atoms with van der Waals surface area (Å²) in [6.45, 7) is 6.15. The second-order valence-electron chi connectivity index (χ2n) is 2.92. The summed E-state index contributed by atoms with van der Waals surface area (Å²) >= 11 is 0. The van der Waals surface area contributed by atoms with Gasteiger partial charge in [0.25, 0.3) is 17.3 Å². The molecule has 2 unspecified atom stereocenters. The predicted molar refractivity (Wildman–Crippen MR) is 65.6 cm³/mol. The number of thiol groups is 1. The highest BCUT2D eigenvalue weighted by molar-refractivity contribution is 7.66. The molecule has 0 spiro atoms. The molecule has 0 aromatic rings. The zero-order valence-electron chi connectivity index (χ0n) is 10.4.